The highest BCUT2D eigenvalue weighted by Gasteiger charge is 2.34. The van der Waals surface area contributed by atoms with Crippen LogP contribution < -0.4 is 9.47 Å². The van der Waals surface area contributed by atoms with Crippen molar-refractivity contribution >= 4 is 0 Å². The summed E-state index contributed by atoms with van der Waals surface area (Å²) in [5.74, 6) is 0.131. The zero-order valence-electron chi connectivity index (χ0n) is 11.8. The van der Waals surface area contributed by atoms with Gasteiger partial charge in [0.2, 0.25) is 0 Å². The Morgan fingerprint density at radius 2 is 1.59 bits per heavy atom. The van der Waals surface area contributed by atoms with E-state index in [1.54, 1.807) is 24.3 Å². The summed E-state index contributed by atoms with van der Waals surface area (Å²) in [6.07, 6.45) is -5.61. The third kappa shape index (κ3) is 3.71. The Bertz CT molecular complexity index is 626. The Morgan fingerprint density at radius 1 is 1.00 bits per heavy atom. The highest BCUT2D eigenvalue weighted by molar-refractivity contribution is 5.37. The molecule has 0 aliphatic rings. The zero-order chi connectivity index (χ0) is 16.2. The molecule has 2 rings (SSSR count). The van der Waals surface area contributed by atoms with E-state index in [1.807, 2.05) is 0 Å². The second-order valence-corrected chi connectivity index (χ2v) is 4.56. The van der Waals surface area contributed by atoms with E-state index in [2.05, 4.69) is 0 Å². The van der Waals surface area contributed by atoms with Gasteiger partial charge >= 0.3 is 6.18 Å². The second kappa shape index (κ2) is 6.70. The fourth-order valence-electron chi connectivity index (χ4n) is 2.03. The van der Waals surface area contributed by atoms with Crippen LogP contribution >= 0.6 is 0 Å². The van der Waals surface area contributed by atoms with E-state index < -0.39 is 17.8 Å². The fourth-order valence-corrected chi connectivity index (χ4v) is 2.03. The average Bonchev–Trinajstić information content (AvgIpc) is 2.52. The minimum atomic E-state index is -4.51. The van der Waals surface area contributed by atoms with Crippen LogP contribution in [0.4, 0.5) is 13.2 Å². The summed E-state index contributed by atoms with van der Waals surface area (Å²) >= 11 is 0. The number of aliphatic hydroxyl groups is 1. The summed E-state index contributed by atoms with van der Waals surface area (Å²) in [6, 6.07) is 11.6. The maximum absolute atomic E-state index is 12.9. The molecular weight excluding hydrogens is 297 g/mol. The molecule has 2 aromatic rings. The average molecular weight is 312 g/mol. The van der Waals surface area contributed by atoms with Crippen LogP contribution in [0.1, 0.15) is 17.2 Å². The van der Waals surface area contributed by atoms with E-state index in [1.165, 1.54) is 25.3 Å². The van der Waals surface area contributed by atoms with Crippen molar-refractivity contribution in [3.05, 3.63) is 59.7 Å². The molecule has 0 aromatic heterocycles. The molecule has 0 fully saturated rings. The predicted octanol–water partition coefficient (Wildman–Crippen LogP) is 3.83. The number of rotatable bonds is 5. The molecule has 0 aliphatic carbocycles. The van der Waals surface area contributed by atoms with E-state index >= 15 is 0 Å². The van der Waals surface area contributed by atoms with Crippen LogP contribution in [0.5, 0.6) is 11.5 Å². The first kappa shape index (κ1) is 16.2. The van der Waals surface area contributed by atoms with Gasteiger partial charge in [0.1, 0.15) is 24.2 Å². The summed E-state index contributed by atoms with van der Waals surface area (Å²) < 4.78 is 48.8. The topological polar surface area (TPSA) is 38.7 Å². The van der Waals surface area contributed by atoms with Gasteiger partial charge in [-0.1, -0.05) is 30.3 Å². The molecule has 0 spiro atoms. The van der Waals surface area contributed by atoms with Gasteiger partial charge in [0.15, 0.2) is 0 Å². The standard InChI is InChI=1S/C16H15F3O3/c1-21-14-8-4-2-6-11(14)13(20)10-22-15-9-5-3-7-12(15)16(17,18)19/h2-9,13,20H,10H2,1H3. The lowest BCUT2D eigenvalue weighted by Crippen LogP contribution is -2.14. The molecule has 2 aromatic carbocycles. The Labute approximate surface area is 125 Å². The van der Waals surface area contributed by atoms with Crippen LogP contribution in [0.25, 0.3) is 0 Å². The summed E-state index contributed by atoms with van der Waals surface area (Å²) in [4.78, 5) is 0. The molecule has 1 atom stereocenters. The number of halogens is 3. The minimum Gasteiger partial charge on any atom is -0.496 e. The third-order valence-electron chi connectivity index (χ3n) is 3.09. The van der Waals surface area contributed by atoms with Gasteiger partial charge < -0.3 is 14.6 Å². The monoisotopic (exact) mass is 312 g/mol. The van der Waals surface area contributed by atoms with E-state index in [0.717, 1.165) is 6.07 Å². The maximum Gasteiger partial charge on any atom is 0.419 e. The van der Waals surface area contributed by atoms with E-state index in [9.17, 15) is 18.3 Å². The minimum absolute atomic E-state index is 0.312. The number of para-hydroxylation sites is 2. The number of alkyl halides is 3. The predicted molar refractivity (Wildman–Crippen MR) is 74.9 cm³/mol. The van der Waals surface area contributed by atoms with Crippen molar-refractivity contribution in [1.29, 1.82) is 0 Å². The highest BCUT2D eigenvalue weighted by atomic mass is 19.4. The van der Waals surface area contributed by atoms with Crippen LogP contribution in [0.15, 0.2) is 48.5 Å². The van der Waals surface area contributed by atoms with Crippen molar-refractivity contribution in [3.63, 3.8) is 0 Å². The number of methoxy groups -OCH3 is 1. The fraction of sp³-hybridized carbons (Fsp3) is 0.250. The largest absolute Gasteiger partial charge is 0.496 e. The maximum atomic E-state index is 12.9. The van der Waals surface area contributed by atoms with Gasteiger partial charge in [0.25, 0.3) is 0 Å². The second-order valence-electron chi connectivity index (χ2n) is 4.56. The highest BCUT2D eigenvalue weighted by Crippen LogP contribution is 2.36. The van der Waals surface area contributed by atoms with Crippen LogP contribution in [0.2, 0.25) is 0 Å². The Kier molecular flexibility index (Phi) is 4.92. The van der Waals surface area contributed by atoms with Crippen molar-refractivity contribution in [2.45, 2.75) is 12.3 Å². The van der Waals surface area contributed by atoms with Gasteiger partial charge in [-0.2, -0.15) is 13.2 Å². The molecule has 0 heterocycles. The molecule has 6 heteroatoms. The first-order valence-corrected chi connectivity index (χ1v) is 6.53. The Morgan fingerprint density at radius 3 is 2.23 bits per heavy atom. The molecule has 3 nitrogen and oxygen atoms in total. The van der Waals surface area contributed by atoms with Crippen molar-refractivity contribution < 1.29 is 27.8 Å². The van der Waals surface area contributed by atoms with Crippen molar-refractivity contribution in [1.82, 2.24) is 0 Å². The lowest BCUT2D eigenvalue weighted by molar-refractivity contribution is -0.139. The SMILES string of the molecule is COc1ccccc1C(O)COc1ccccc1C(F)(F)F. The quantitative estimate of drug-likeness (QED) is 0.912. The van der Waals surface area contributed by atoms with E-state index in [-0.39, 0.29) is 12.4 Å². The van der Waals surface area contributed by atoms with Gasteiger partial charge in [-0.25, -0.2) is 0 Å². The summed E-state index contributed by atoms with van der Waals surface area (Å²) in [5.41, 5.74) is -0.420. The molecule has 0 amide bonds. The number of hydrogen-bond acceptors (Lipinski definition) is 3. The van der Waals surface area contributed by atoms with Crippen LogP contribution in [0.3, 0.4) is 0 Å². The van der Waals surface area contributed by atoms with E-state index in [0.29, 0.717) is 11.3 Å². The number of aliphatic hydroxyl groups excluding tert-OH is 1. The summed E-state index contributed by atoms with van der Waals surface area (Å²) in [5, 5.41) is 10.1. The lowest BCUT2D eigenvalue weighted by Gasteiger charge is -2.18. The molecule has 0 saturated carbocycles. The van der Waals surface area contributed by atoms with Crippen molar-refractivity contribution in [3.8, 4) is 11.5 Å². The van der Waals surface area contributed by atoms with Gasteiger partial charge in [-0.15, -0.1) is 0 Å². The normalized spacial score (nSPS) is 12.8. The van der Waals surface area contributed by atoms with E-state index in [4.69, 9.17) is 9.47 Å². The molecule has 0 aliphatic heterocycles. The molecule has 118 valence electrons. The molecule has 1 N–H and O–H groups in total. The third-order valence-corrected chi connectivity index (χ3v) is 3.09. The van der Waals surface area contributed by atoms with Crippen molar-refractivity contribution in [2.24, 2.45) is 0 Å². The van der Waals surface area contributed by atoms with Crippen LogP contribution in [0, 0.1) is 0 Å². The molecular formula is C16H15F3O3. The van der Waals surface area contributed by atoms with Crippen LogP contribution in [-0.4, -0.2) is 18.8 Å². The van der Waals surface area contributed by atoms with Gasteiger partial charge in [-0.05, 0) is 18.2 Å². The van der Waals surface area contributed by atoms with Crippen molar-refractivity contribution in [2.75, 3.05) is 13.7 Å². The van der Waals surface area contributed by atoms with Gasteiger partial charge in [0, 0.05) is 5.56 Å². The number of ether oxygens (including phenoxy) is 2. The molecule has 22 heavy (non-hydrogen) atoms. The summed E-state index contributed by atoms with van der Waals surface area (Å²) in [7, 11) is 1.45. The number of hydrogen-bond donors (Lipinski definition) is 1. The smallest absolute Gasteiger partial charge is 0.419 e. The van der Waals surface area contributed by atoms with Crippen LogP contribution in [-0.2, 0) is 6.18 Å². The lowest BCUT2D eigenvalue weighted by atomic mass is 10.1. The summed E-state index contributed by atoms with van der Waals surface area (Å²) in [6.45, 7) is -0.312. The Balaban J connectivity index is 2.14. The molecule has 0 saturated heterocycles. The first-order chi connectivity index (χ1) is 10.4. The van der Waals surface area contributed by atoms with Gasteiger partial charge in [-0.3, -0.25) is 0 Å². The zero-order valence-corrected chi connectivity index (χ0v) is 11.8. The molecule has 0 bridgehead atoms. The first-order valence-electron chi connectivity index (χ1n) is 6.53. The molecule has 0 radical (unpaired) electrons. The Hall–Kier alpha value is -2.21. The molecule has 1 unspecified atom stereocenters. The van der Waals surface area contributed by atoms with Gasteiger partial charge in [0.05, 0.1) is 12.7 Å². The number of benzene rings is 2.